The van der Waals surface area contributed by atoms with E-state index < -0.39 is 12.0 Å². The average molecular weight is 317 g/mol. The molecule has 1 aliphatic heterocycles. The van der Waals surface area contributed by atoms with Gasteiger partial charge in [0.15, 0.2) is 0 Å². The topological polar surface area (TPSA) is 69.6 Å². The van der Waals surface area contributed by atoms with E-state index in [-0.39, 0.29) is 12.5 Å². The highest BCUT2D eigenvalue weighted by Crippen LogP contribution is 2.25. The first kappa shape index (κ1) is 15.1. The van der Waals surface area contributed by atoms with Gasteiger partial charge in [0.05, 0.1) is 17.3 Å². The molecule has 1 saturated heterocycles. The number of likely N-dealkylation sites (tertiary alicyclic amines) is 1. The Morgan fingerprint density at radius 3 is 2.80 bits per heavy atom. The zero-order valence-corrected chi connectivity index (χ0v) is 12.1. The maximum absolute atomic E-state index is 11.9. The number of carboxylic acid groups (broad SMARTS) is 1. The highest BCUT2D eigenvalue weighted by molar-refractivity contribution is 6.36. The lowest BCUT2D eigenvalue weighted by atomic mass is 10.2. The lowest BCUT2D eigenvalue weighted by Gasteiger charge is -2.20. The minimum absolute atomic E-state index is 0.0376. The molecule has 20 heavy (non-hydrogen) atoms. The molecule has 0 aliphatic carbocycles. The van der Waals surface area contributed by atoms with Crippen LogP contribution in [0.2, 0.25) is 10.0 Å². The predicted octanol–water partition coefficient (Wildman–Crippen LogP) is 2.48. The molecule has 1 aliphatic rings. The van der Waals surface area contributed by atoms with Gasteiger partial charge in [-0.2, -0.15) is 0 Å². The van der Waals surface area contributed by atoms with Gasteiger partial charge in [0.25, 0.3) is 0 Å². The SMILES string of the molecule is O=C(CN1CCC[C@@H]1C(=O)O)Nc1ccc(Cl)cc1Cl. The second kappa shape index (κ2) is 6.43. The number of halogens is 2. The minimum Gasteiger partial charge on any atom is -0.480 e. The van der Waals surface area contributed by atoms with E-state index in [1.54, 1.807) is 17.0 Å². The largest absolute Gasteiger partial charge is 0.480 e. The number of rotatable bonds is 4. The lowest BCUT2D eigenvalue weighted by molar-refractivity contribution is -0.142. The molecular formula is C13H14Cl2N2O3. The van der Waals surface area contributed by atoms with Crippen molar-refractivity contribution in [3.8, 4) is 0 Å². The zero-order valence-electron chi connectivity index (χ0n) is 10.6. The Bertz CT molecular complexity index is 536. The van der Waals surface area contributed by atoms with Gasteiger partial charge < -0.3 is 10.4 Å². The maximum Gasteiger partial charge on any atom is 0.320 e. The first-order valence-electron chi connectivity index (χ1n) is 6.19. The van der Waals surface area contributed by atoms with Crippen LogP contribution in [0, 0.1) is 0 Å². The van der Waals surface area contributed by atoms with Crippen molar-refractivity contribution >= 4 is 40.8 Å². The van der Waals surface area contributed by atoms with E-state index in [0.29, 0.717) is 28.7 Å². The fourth-order valence-corrected chi connectivity index (χ4v) is 2.72. The van der Waals surface area contributed by atoms with Gasteiger partial charge in [-0.05, 0) is 37.6 Å². The van der Waals surface area contributed by atoms with E-state index in [1.807, 2.05) is 0 Å². The molecule has 0 bridgehead atoms. The number of carbonyl (C=O) groups is 2. The Hall–Kier alpha value is -1.30. The number of hydrogen-bond donors (Lipinski definition) is 2. The molecule has 1 aromatic carbocycles. The van der Waals surface area contributed by atoms with Gasteiger partial charge in [-0.15, -0.1) is 0 Å². The molecule has 108 valence electrons. The molecular weight excluding hydrogens is 303 g/mol. The summed E-state index contributed by atoms with van der Waals surface area (Å²) < 4.78 is 0. The standard InChI is InChI=1S/C13H14Cl2N2O3/c14-8-3-4-10(9(15)6-8)16-12(18)7-17-5-1-2-11(17)13(19)20/h3-4,6,11H,1-2,5,7H2,(H,16,18)(H,19,20)/t11-/m1/s1. The number of anilines is 1. The average Bonchev–Trinajstić information content (AvgIpc) is 2.81. The number of benzene rings is 1. The van der Waals surface area contributed by atoms with Crippen molar-refractivity contribution in [2.75, 3.05) is 18.4 Å². The Morgan fingerprint density at radius 1 is 1.40 bits per heavy atom. The van der Waals surface area contributed by atoms with Crippen LogP contribution < -0.4 is 5.32 Å². The highest BCUT2D eigenvalue weighted by atomic mass is 35.5. The second-order valence-electron chi connectivity index (χ2n) is 4.64. The highest BCUT2D eigenvalue weighted by Gasteiger charge is 2.31. The second-order valence-corrected chi connectivity index (χ2v) is 5.48. The van der Waals surface area contributed by atoms with Gasteiger partial charge >= 0.3 is 5.97 Å². The molecule has 1 fully saturated rings. The van der Waals surface area contributed by atoms with Crippen molar-refractivity contribution in [2.45, 2.75) is 18.9 Å². The minimum atomic E-state index is -0.889. The summed E-state index contributed by atoms with van der Waals surface area (Å²) >= 11 is 11.7. The number of amides is 1. The Labute approximate surface area is 126 Å². The summed E-state index contributed by atoms with van der Waals surface area (Å²) in [6.07, 6.45) is 1.36. The molecule has 0 radical (unpaired) electrons. The number of carbonyl (C=O) groups excluding carboxylic acids is 1. The van der Waals surface area contributed by atoms with Gasteiger partial charge in [0.1, 0.15) is 6.04 Å². The smallest absolute Gasteiger partial charge is 0.320 e. The molecule has 0 aromatic heterocycles. The normalized spacial score (nSPS) is 19.0. The fourth-order valence-electron chi connectivity index (χ4n) is 2.26. The third kappa shape index (κ3) is 3.62. The molecule has 1 amide bonds. The van der Waals surface area contributed by atoms with Crippen LogP contribution in [0.15, 0.2) is 18.2 Å². The Kier molecular flexibility index (Phi) is 4.86. The molecule has 5 nitrogen and oxygen atoms in total. The number of nitrogens with one attached hydrogen (secondary N) is 1. The Morgan fingerprint density at radius 2 is 2.15 bits per heavy atom. The summed E-state index contributed by atoms with van der Waals surface area (Å²) in [6.45, 7) is 0.647. The van der Waals surface area contributed by atoms with E-state index in [2.05, 4.69) is 5.32 Å². The van der Waals surface area contributed by atoms with Crippen molar-refractivity contribution in [1.29, 1.82) is 0 Å². The van der Waals surface area contributed by atoms with Crippen molar-refractivity contribution in [2.24, 2.45) is 0 Å². The van der Waals surface area contributed by atoms with E-state index in [9.17, 15) is 9.59 Å². The van der Waals surface area contributed by atoms with E-state index in [1.165, 1.54) is 6.07 Å². The first-order valence-corrected chi connectivity index (χ1v) is 6.94. The fraction of sp³-hybridized carbons (Fsp3) is 0.385. The molecule has 0 unspecified atom stereocenters. The van der Waals surface area contributed by atoms with Crippen LogP contribution in [0.3, 0.4) is 0 Å². The summed E-state index contributed by atoms with van der Waals surface area (Å²) in [7, 11) is 0. The molecule has 1 heterocycles. The number of aliphatic carboxylic acids is 1. The predicted molar refractivity (Wildman–Crippen MR) is 77.3 cm³/mol. The van der Waals surface area contributed by atoms with Gasteiger partial charge in [0, 0.05) is 5.02 Å². The van der Waals surface area contributed by atoms with Crippen LogP contribution in [-0.4, -0.2) is 41.0 Å². The van der Waals surface area contributed by atoms with Gasteiger partial charge in [-0.25, -0.2) is 0 Å². The quantitative estimate of drug-likeness (QED) is 0.895. The van der Waals surface area contributed by atoms with E-state index in [4.69, 9.17) is 28.3 Å². The Balaban J connectivity index is 1.97. The maximum atomic E-state index is 11.9. The molecule has 0 saturated carbocycles. The van der Waals surface area contributed by atoms with Gasteiger partial charge in [-0.3, -0.25) is 14.5 Å². The van der Waals surface area contributed by atoms with Crippen LogP contribution >= 0.6 is 23.2 Å². The molecule has 0 spiro atoms. The summed E-state index contributed by atoms with van der Waals surface area (Å²) in [4.78, 5) is 24.6. The van der Waals surface area contributed by atoms with Crippen molar-refractivity contribution < 1.29 is 14.7 Å². The zero-order chi connectivity index (χ0) is 14.7. The third-order valence-corrected chi connectivity index (χ3v) is 3.75. The van der Waals surface area contributed by atoms with Gasteiger partial charge in [-0.1, -0.05) is 23.2 Å². The van der Waals surface area contributed by atoms with Crippen molar-refractivity contribution in [3.63, 3.8) is 0 Å². The van der Waals surface area contributed by atoms with Crippen molar-refractivity contribution in [1.82, 2.24) is 4.90 Å². The molecule has 7 heteroatoms. The van der Waals surface area contributed by atoms with Crippen LogP contribution in [0.4, 0.5) is 5.69 Å². The summed E-state index contributed by atoms with van der Waals surface area (Å²) in [6, 6.07) is 4.19. The van der Waals surface area contributed by atoms with Crippen LogP contribution in [-0.2, 0) is 9.59 Å². The van der Waals surface area contributed by atoms with Crippen molar-refractivity contribution in [3.05, 3.63) is 28.2 Å². The lowest BCUT2D eigenvalue weighted by Crippen LogP contribution is -2.40. The molecule has 1 aromatic rings. The third-order valence-electron chi connectivity index (χ3n) is 3.20. The number of nitrogens with zero attached hydrogens (tertiary/aromatic N) is 1. The van der Waals surface area contributed by atoms with Crippen LogP contribution in [0.5, 0.6) is 0 Å². The monoisotopic (exact) mass is 316 g/mol. The summed E-state index contributed by atoms with van der Waals surface area (Å²) in [5.41, 5.74) is 0.465. The molecule has 2 rings (SSSR count). The number of carboxylic acids is 1. The van der Waals surface area contributed by atoms with Crippen LogP contribution in [0.25, 0.3) is 0 Å². The summed E-state index contributed by atoms with van der Waals surface area (Å²) in [5.74, 6) is -1.18. The number of hydrogen-bond acceptors (Lipinski definition) is 3. The van der Waals surface area contributed by atoms with E-state index in [0.717, 1.165) is 6.42 Å². The molecule has 1 atom stereocenters. The van der Waals surface area contributed by atoms with E-state index >= 15 is 0 Å². The van der Waals surface area contributed by atoms with Crippen LogP contribution in [0.1, 0.15) is 12.8 Å². The van der Waals surface area contributed by atoms with Gasteiger partial charge in [0.2, 0.25) is 5.91 Å². The first-order chi connectivity index (χ1) is 9.47. The summed E-state index contributed by atoms with van der Waals surface area (Å²) in [5, 5.41) is 12.5. The molecule has 2 N–H and O–H groups in total.